The first-order chi connectivity index (χ1) is 11.3. The summed E-state index contributed by atoms with van der Waals surface area (Å²) in [4.78, 5) is 11.8. The van der Waals surface area contributed by atoms with Crippen LogP contribution in [0.15, 0.2) is 30.6 Å². The lowest BCUT2D eigenvalue weighted by Gasteiger charge is -2.19. The number of nitrogens with one attached hydrogen (secondary N) is 1. The molecule has 0 aliphatic carbocycles. The SMILES string of the molecule is CC(C)[C@H](CO)NCc1ccnc(-c2ccc(C(F)(F)F)nc2)n1. The molecule has 2 N–H and O–H groups in total. The molecular weight excluding hydrogens is 321 g/mol. The third-order valence-electron chi connectivity index (χ3n) is 3.57. The van der Waals surface area contributed by atoms with Gasteiger partial charge in [0.25, 0.3) is 0 Å². The van der Waals surface area contributed by atoms with Crippen molar-refractivity contribution in [3.8, 4) is 11.4 Å². The average Bonchev–Trinajstić information content (AvgIpc) is 2.55. The van der Waals surface area contributed by atoms with Crippen molar-refractivity contribution in [2.75, 3.05) is 6.61 Å². The molecule has 5 nitrogen and oxygen atoms in total. The minimum absolute atomic E-state index is 0.0123. The van der Waals surface area contributed by atoms with Gasteiger partial charge < -0.3 is 10.4 Å². The molecule has 0 fully saturated rings. The Balaban J connectivity index is 2.12. The first-order valence-corrected chi connectivity index (χ1v) is 7.51. The van der Waals surface area contributed by atoms with E-state index in [-0.39, 0.29) is 18.6 Å². The van der Waals surface area contributed by atoms with Crippen LogP contribution in [0.25, 0.3) is 11.4 Å². The van der Waals surface area contributed by atoms with E-state index in [1.165, 1.54) is 6.07 Å². The Morgan fingerprint density at radius 3 is 2.46 bits per heavy atom. The Hall–Kier alpha value is -2.06. The van der Waals surface area contributed by atoms with Gasteiger partial charge in [-0.05, 0) is 24.1 Å². The van der Waals surface area contributed by atoms with E-state index in [9.17, 15) is 18.3 Å². The van der Waals surface area contributed by atoms with Gasteiger partial charge in [0, 0.05) is 30.5 Å². The number of aromatic nitrogens is 3. The number of aliphatic hydroxyl groups is 1. The topological polar surface area (TPSA) is 70.9 Å². The molecule has 24 heavy (non-hydrogen) atoms. The van der Waals surface area contributed by atoms with Gasteiger partial charge in [0.2, 0.25) is 0 Å². The summed E-state index contributed by atoms with van der Waals surface area (Å²) in [5.41, 5.74) is 0.137. The summed E-state index contributed by atoms with van der Waals surface area (Å²) in [6, 6.07) is 3.86. The standard InChI is InChI=1S/C16H19F3N4O/c1-10(2)13(9-24)21-8-12-5-6-20-15(23-12)11-3-4-14(22-7-11)16(17,18)19/h3-7,10,13,21,24H,8-9H2,1-2H3/t13-/m0/s1. The van der Waals surface area contributed by atoms with E-state index in [1.54, 1.807) is 12.3 Å². The maximum absolute atomic E-state index is 12.5. The first kappa shape index (κ1) is 18.3. The summed E-state index contributed by atoms with van der Waals surface area (Å²) in [6.45, 7) is 4.42. The van der Waals surface area contributed by atoms with Gasteiger partial charge in [-0.3, -0.25) is 4.98 Å². The molecular formula is C16H19F3N4O. The smallest absolute Gasteiger partial charge is 0.395 e. The van der Waals surface area contributed by atoms with Crippen molar-refractivity contribution in [3.63, 3.8) is 0 Å². The van der Waals surface area contributed by atoms with Gasteiger partial charge >= 0.3 is 6.18 Å². The van der Waals surface area contributed by atoms with Crippen LogP contribution in [-0.4, -0.2) is 32.7 Å². The maximum Gasteiger partial charge on any atom is 0.433 e. The third-order valence-corrected chi connectivity index (χ3v) is 3.57. The highest BCUT2D eigenvalue weighted by atomic mass is 19.4. The highest BCUT2D eigenvalue weighted by Gasteiger charge is 2.32. The summed E-state index contributed by atoms with van der Waals surface area (Å²) in [6.07, 6.45) is -1.82. The van der Waals surface area contributed by atoms with Gasteiger partial charge in [-0.2, -0.15) is 13.2 Å². The lowest BCUT2D eigenvalue weighted by Crippen LogP contribution is -2.36. The Labute approximate surface area is 138 Å². The summed E-state index contributed by atoms with van der Waals surface area (Å²) >= 11 is 0. The average molecular weight is 340 g/mol. The van der Waals surface area contributed by atoms with E-state index < -0.39 is 11.9 Å². The van der Waals surface area contributed by atoms with Gasteiger partial charge in [0.15, 0.2) is 5.82 Å². The molecule has 0 amide bonds. The van der Waals surface area contributed by atoms with Crippen LogP contribution >= 0.6 is 0 Å². The van der Waals surface area contributed by atoms with Crippen LogP contribution in [0, 0.1) is 5.92 Å². The lowest BCUT2D eigenvalue weighted by atomic mass is 10.1. The van der Waals surface area contributed by atoms with E-state index in [1.807, 2.05) is 13.8 Å². The molecule has 0 spiro atoms. The van der Waals surface area contributed by atoms with Gasteiger partial charge in [-0.25, -0.2) is 9.97 Å². The van der Waals surface area contributed by atoms with E-state index in [0.29, 0.717) is 23.6 Å². The normalized spacial score (nSPS) is 13.3. The van der Waals surface area contributed by atoms with Crippen molar-refractivity contribution in [3.05, 3.63) is 42.0 Å². The fourth-order valence-corrected chi connectivity index (χ4v) is 2.07. The second-order valence-corrected chi connectivity index (χ2v) is 5.72. The Kier molecular flexibility index (Phi) is 5.84. The molecule has 0 aliphatic rings. The largest absolute Gasteiger partial charge is 0.433 e. The fourth-order valence-electron chi connectivity index (χ4n) is 2.07. The second kappa shape index (κ2) is 7.67. The molecule has 0 bridgehead atoms. The summed E-state index contributed by atoms with van der Waals surface area (Å²) in [5, 5.41) is 12.5. The number of hydrogen-bond donors (Lipinski definition) is 2. The predicted octanol–water partition coefficient (Wildman–Crippen LogP) is 2.66. The van der Waals surface area contributed by atoms with Crippen LogP contribution < -0.4 is 5.32 Å². The van der Waals surface area contributed by atoms with Crippen molar-refractivity contribution in [2.24, 2.45) is 5.92 Å². The van der Waals surface area contributed by atoms with Crippen molar-refractivity contribution < 1.29 is 18.3 Å². The highest BCUT2D eigenvalue weighted by Crippen LogP contribution is 2.28. The van der Waals surface area contributed by atoms with Crippen molar-refractivity contribution in [2.45, 2.75) is 32.6 Å². The fraction of sp³-hybridized carbons (Fsp3) is 0.438. The van der Waals surface area contributed by atoms with Crippen LogP contribution in [-0.2, 0) is 12.7 Å². The molecule has 2 rings (SSSR count). The molecule has 0 saturated heterocycles. The van der Waals surface area contributed by atoms with Crippen LogP contribution in [0.3, 0.4) is 0 Å². The second-order valence-electron chi connectivity index (χ2n) is 5.72. The maximum atomic E-state index is 12.5. The number of nitrogens with zero attached hydrogens (tertiary/aromatic N) is 3. The summed E-state index contributed by atoms with van der Waals surface area (Å²) in [7, 11) is 0. The molecule has 1 atom stereocenters. The minimum Gasteiger partial charge on any atom is -0.395 e. The van der Waals surface area contributed by atoms with E-state index in [2.05, 4.69) is 20.3 Å². The minimum atomic E-state index is -4.47. The van der Waals surface area contributed by atoms with Crippen LogP contribution in [0.5, 0.6) is 0 Å². The van der Waals surface area contributed by atoms with Crippen LogP contribution in [0.4, 0.5) is 13.2 Å². The summed E-state index contributed by atoms with van der Waals surface area (Å²) in [5.74, 6) is 0.566. The van der Waals surface area contributed by atoms with E-state index in [4.69, 9.17) is 0 Å². The van der Waals surface area contributed by atoms with Gasteiger partial charge in [-0.15, -0.1) is 0 Å². The quantitative estimate of drug-likeness (QED) is 0.846. The predicted molar refractivity (Wildman–Crippen MR) is 82.8 cm³/mol. The van der Waals surface area contributed by atoms with Crippen molar-refractivity contribution in [1.82, 2.24) is 20.3 Å². The zero-order valence-corrected chi connectivity index (χ0v) is 13.4. The number of halogens is 3. The first-order valence-electron chi connectivity index (χ1n) is 7.51. The lowest BCUT2D eigenvalue weighted by molar-refractivity contribution is -0.141. The third kappa shape index (κ3) is 4.72. The Morgan fingerprint density at radius 2 is 1.92 bits per heavy atom. The summed E-state index contributed by atoms with van der Waals surface area (Å²) < 4.78 is 37.6. The molecule has 0 unspecified atom stereocenters. The van der Waals surface area contributed by atoms with E-state index in [0.717, 1.165) is 12.3 Å². The van der Waals surface area contributed by atoms with Gasteiger partial charge in [0.05, 0.1) is 12.3 Å². The number of pyridine rings is 1. The van der Waals surface area contributed by atoms with Crippen molar-refractivity contribution in [1.29, 1.82) is 0 Å². The zero-order chi connectivity index (χ0) is 17.7. The molecule has 0 saturated carbocycles. The van der Waals surface area contributed by atoms with Crippen molar-refractivity contribution >= 4 is 0 Å². The van der Waals surface area contributed by atoms with Crippen LogP contribution in [0.2, 0.25) is 0 Å². The number of hydrogen-bond acceptors (Lipinski definition) is 5. The molecule has 130 valence electrons. The van der Waals surface area contributed by atoms with E-state index >= 15 is 0 Å². The molecule has 2 heterocycles. The Morgan fingerprint density at radius 1 is 1.17 bits per heavy atom. The van der Waals surface area contributed by atoms with Gasteiger partial charge in [-0.1, -0.05) is 13.8 Å². The monoisotopic (exact) mass is 340 g/mol. The van der Waals surface area contributed by atoms with Crippen LogP contribution in [0.1, 0.15) is 25.2 Å². The van der Waals surface area contributed by atoms with Gasteiger partial charge in [0.1, 0.15) is 5.69 Å². The Bertz CT molecular complexity index is 659. The molecule has 2 aromatic heterocycles. The molecule has 2 aromatic rings. The molecule has 0 aliphatic heterocycles. The molecule has 8 heteroatoms. The number of aliphatic hydroxyl groups excluding tert-OH is 1. The number of alkyl halides is 3. The molecule has 0 aromatic carbocycles. The number of rotatable bonds is 6. The highest BCUT2D eigenvalue weighted by molar-refractivity contribution is 5.53. The zero-order valence-electron chi connectivity index (χ0n) is 13.4. The molecule has 0 radical (unpaired) electrons.